The lowest BCUT2D eigenvalue weighted by atomic mass is 9.88. The number of benzene rings is 1. The average Bonchev–Trinajstić information content (AvgIpc) is 3.20. The van der Waals surface area contributed by atoms with E-state index in [1.807, 2.05) is 24.3 Å². The highest BCUT2D eigenvalue weighted by Gasteiger charge is 2.48. The zero-order chi connectivity index (χ0) is 16.6. The van der Waals surface area contributed by atoms with Crippen LogP contribution in [-0.4, -0.2) is 29.3 Å². The summed E-state index contributed by atoms with van der Waals surface area (Å²) in [6.07, 6.45) is 3.45. The molecule has 0 bridgehead atoms. The van der Waals surface area contributed by atoms with Crippen LogP contribution in [0.25, 0.3) is 0 Å². The molecule has 0 spiro atoms. The van der Waals surface area contributed by atoms with Gasteiger partial charge in [-0.1, -0.05) is 28.9 Å². The maximum Gasteiger partial charge on any atom is 0.224 e. The van der Waals surface area contributed by atoms with E-state index in [2.05, 4.69) is 15.5 Å². The van der Waals surface area contributed by atoms with E-state index < -0.39 is 5.54 Å². The Hall–Kier alpha value is -1.92. The number of rotatable bonds is 4. The van der Waals surface area contributed by atoms with Crippen molar-refractivity contribution in [1.29, 1.82) is 0 Å². The van der Waals surface area contributed by atoms with Crippen LogP contribution in [-0.2, 0) is 15.1 Å². The van der Waals surface area contributed by atoms with Gasteiger partial charge in [-0.3, -0.25) is 4.79 Å². The highest BCUT2D eigenvalue weighted by Crippen LogP contribution is 2.48. The van der Waals surface area contributed by atoms with Gasteiger partial charge in [-0.15, -0.1) is 0 Å². The Morgan fingerprint density at radius 2 is 2.00 bits per heavy atom. The first-order valence-electron chi connectivity index (χ1n) is 8.10. The van der Waals surface area contributed by atoms with E-state index >= 15 is 0 Å². The molecule has 1 aliphatic carbocycles. The molecule has 1 saturated carbocycles. The van der Waals surface area contributed by atoms with Gasteiger partial charge in [0.1, 0.15) is 5.54 Å². The van der Waals surface area contributed by atoms with Crippen molar-refractivity contribution in [3.63, 3.8) is 0 Å². The van der Waals surface area contributed by atoms with Crippen LogP contribution in [0.4, 0.5) is 0 Å². The summed E-state index contributed by atoms with van der Waals surface area (Å²) in [4.78, 5) is 16.9. The zero-order valence-electron chi connectivity index (χ0n) is 13.1. The molecule has 0 unspecified atom stereocenters. The summed E-state index contributed by atoms with van der Waals surface area (Å²) in [5.41, 5.74) is 0.565. The Labute approximate surface area is 144 Å². The maximum absolute atomic E-state index is 12.8. The number of carbonyl (C=O) groups excluding carboxylic acids is 1. The smallest absolute Gasteiger partial charge is 0.224 e. The van der Waals surface area contributed by atoms with Gasteiger partial charge in [0, 0.05) is 37.0 Å². The maximum atomic E-state index is 12.8. The molecule has 7 heteroatoms. The Balaban J connectivity index is 1.48. The quantitative estimate of drug-likeness (QED) is 0.920. The summed E-state index contributed by atoms with van der Waals surface area (Å²) in [7, 11) is 0. The Kier molecular flexibility index (Phi) is 4.02. The Bertz CT molecular complexity index is 711. The predicted molar refractivity (Wildman–Crippen MR) is 86.5 cm³/mol. The van der Waals surface area contributed by atoms with Crippen LogP contribution in [0.15, 0.2) is 35.2 Å². The number of hydrogen-bond acceptors (Lipinski definition) is 5. The van der Waals surface area contributed by atoms with Crippen molar-refractivity contribution in [3.05, 3.63) is 47.1 Å². The number of ether oxygens (including phenoxy) is 1. The molecule has 1 aliphatic heterocycles. The fraction of sp³-hybridized carbons (Fsp3) is 0.471. The van der Waals surface area contributed by atoms with Gasteiger partial charge >= 0.3 is 0 Å². The van der Waals surface area contributed by atoms with Crippen molar-refractivity contribution >= 4 is 17.5 Å². The predicted octanol–water partition coefficient (Wildman–Crippen LogP) is 2.65. The SMILES string of the molecule is O=C(NC1(c2ncon2)CCOCC1)[C@H]1C[C@@H]1c1ccc(Cl)cc1. The summed E-state index contributed by atoms with van der Waals surface area (Å²) in [5, 5.41) is 7.85. The van der Waals surface area contributed by atoms with Crippen LogP contribution in [0.2, 0.25) is 5.02 Å². The van der Waals surface area contributed by atoms with Gasteiger partial charge in [0.05, 0.1) is 0 Å². The van der Waals surface area contributed by atoms with E-state index in [4.69, 9.17) is 20.9 Å². The molecule has 1 amide bonds. The number of hydrogen-bond donors (Lipinski definition) is 1. The van der Waals surface area contributed by atoms with Gasteiger partial charge in [0.2, 0.25) is 12.3 Å². The first-order valence-corrected chi connectivity index (χ1v) is 8.48. The van der Waals surface area contributed by atoms with Crippen molar-refractivity contribution in [2.45, 2.75) is 30.7 Å². The fourth-order valence-corrected chi connectivity index (χ4v) is 3.52. The number of aromatic nitrogens is 2. The molecule has 1 aromatic carbocycles. The van der Waals surface area contributed by atoms with E-state index in [-0.39, 0.29) is 17.7 Å². The second-order valence-electron chi connectivity index (χ2n) is 6.44. The highest BCUT2D eigenvalue weighted by molar-refractivity contribution is 6.30. The largest absolute Gasteiger partial charge is 0.381 e. The van der Waals surface area contributed by atoms with Gasteiger partial charge < -0.3 is 14.6 Å². The van der Waals surface area contributed by atoms with Crippen LogP contribution in [0.1, 0.15) is 36.6 Å². The molecule has 2 fully saturated rings. The van der Waals surface area contributed by atoms with Crippen molar-refractivity contribution in [2.24, 2.45) is 5.92 Å². The third-order valence-corrected chi connectivity index (χ3v) is 5.18. The van der Waals surface area contributed by atoms with Gasteiger partial charge in [0.25, 0.3) is 0 Å². The number of amides is 1. The Morgan fingerprint density at radius 3 is 2.67 bits per heavy atom. The molecule has 6 nitrogen and oxygen atoms in total. The zero-order valence-corrected chi connectivity index (χ0v) is 13.8. The Morgan fingerprint density at radius 1 is 1.25 bits per heavy atom. The molecule has 4 rings (SSSR count). The summed E-state index contributed by atoms with van der Waals surface area (Å²) < 4.78 is 10.3. The summed E-state index contributed by atoms with van der Waals surface area (Å²) in [6.45, 7) is 1.14. The third-order valence-electron chi connectivity index (χ3n) is 4.92. The van der Waals surface area contributed by atoms with E-state index in [0.717, 1.165) is 12.0 Å². The molecule has 24 heavy (non-hydrogen) atoms. The van der Waals surface area contributed by atoms with Crippen molar-refractivity contribution in [1.82, 2.24) is 15.5 Å². The number of nitrogens with zero attached hydrogens (tertiary/aromatic N) is 2. The van der Waals surface area contributed by atoms with Gasteiger partial charge in [-0.2, -0.15) is 4.98 Å². The molecule has 1 saturated heterocycles. The van der Waals surface area contributed by atoms with Gasteiger partial charge in [-0.05, 0) is 30.0 Å². The van der Waals surface area contributed by atoms with Crippen LogP contribution >= 0.6 is 11.6 Å². The third kappa shape index (κ3) is 2.91. The molecule has 2 aliphatic rings. The summed E-state index contributed by atoms with van der Waals surface area (Å²) in [6, 6.07) is 7.71. The molecular formula is C17H18ClN3O3. The van der Waals surface area contributed by atoms with Crippen molar-refractivity contribution in [3.8, 4) is 0 Å². The lowest BCUT2D eigenvalue weighted by molar-refractivity contribution is -0.126. The minimum Gasteiger partial charge on any atom is -0.381 e. The fourth-order valence-electron chi connectivity index (χ4n) is 3.40. The molecular weight excluding hydrogens is 330 g/mol. The lowest BCUT2D eigenvalue weighted by Gasteiger charge is -2.35. The number of nitrogens with one attached hydrogen (secondary N) is 1. The average molecular weight is 348 g/mol. The van der Waals surface area contributed by atoms with Crippen LogP contribution in [0, 0.1) is 5.92 Å². The monoisotopic (exact) mass is 347 g/mol. The second kappa shape index (κ2) is 6.18. The standard InChI is InChI=1S/C17H18ClN3O3/c18-12-3-1-11(2-4-12)13-9-14(13)15(22)20-17(5-7-23-8-6-17)16-19-10-24-21-16/h1-4,10,13-14H,5-9H2,(H,20,22)/t13-,14+/m1/s1. The van der Waals surface area contributed by atoms with Gasteiger partial charge in [-0.25, -0.2) is 0 Å². The lowest BCUT2D eigenvalue weighted by Crippen LogP contribution is -2.50. The normalized spacial score (nSPS) is 25.2. The second-order valence-corrected chi connectivity index (χ2v) is 6.88. The molecule has 126 valence electrons. The summed E-state index contributed by atoms with van der Waals surface area (Å²) >= 11 is 5.93. The number of carbonyl (C=O) groups is 1. The minimum atomic E-state index is -0.588. The van der Waals surface area contributed by atoms with E-state index in [9.17, 15) is 4.79 Å². The summed E-state index contributed by atoms with van der Waals surface area (Å²) in [5.74, 6) is 0.812. The van der Waals surface area contributed by atoms with Gasteiger partial charge in [0.15, 0.2) is 5.82 Å². The molecule has 2 aromatic rings. The molecule has 0 radical (unpaired) electrons. The molecule has 2 atom stereocenters. The van der Waals surface area contributed by atoms with Crippen LogP contribution in [0.5, 0.6) is 0 Å². The molecule has 2 heterocycles. The highest BCUT2D eigenvalue weighted by atomic mass is 35.5. The van der Waals surface area contributed by atoms with Crippen LogP contribution < -0.4 is 5.32 Å². The number of halogens is 1. The van der Waals surface area contributed by atoms with E-state index in [0.29, 0.717) is 36.9 Å². The molecule has 1 N–H and O–H groups in total. The van der Waals surface area contributed by atoms with Crippen molar-refractivity contribution in [2.75, 3.05) is 13.2 Å². The minimum absolute atomic E-state index is 0.0159. The topological polar surface area (TPSA) is 77.3 Å². The molecule has 1 aromatic heterocycles. The van der Waals surface area contributed by atoms with E-state index in [1.165, 1.54) is 6.39 Å². The first kappa shape index (κ1) is 15.6. The van der Waals surface area contributed by atoms with Crippen molar-refractivity contribution < 1.29 is 14.1 Å². The van der Waals surface area contributed by atoms with Crippen LogP contribution in [0.3, 0.4) is 0 Å². The van der Waals surface area contributed by atoms with E-state index in [1.54, 1.807) is 0 Å². The first-order chi connectivity index (χ1) is 11.7.